The van der Waals surface area contributed by atoms with Crippen molar-refractivity contribution >= 4 is 21.6 Å². The Balaban J connectivity index is 2.34. The van der Waals surface area contributed by atoms with Gasteiger partial charge in [0.25, 0.3) is 0 Å². The van der Waals surface area contributed by atoms with E-state index in [-0.39, 0.29) is 5.91 Å². The van der Waals surface area contributed by atoms with E-state index in [2.05, 4.69) is 0 Å². The third-order valence-corrected chi connectivity index (χ3v) is 5.38. The molecule has 128 valence electrons. The van der Waals surface area contributed by atoms with Gasteiger partial charge in [-0.2, -0.15) is 0 Å². The average Bonchev–Trinajstić information content (AvgIpc) is 2.49. The molecule has 0 spiro atoms. The highest BCUT2D eigenvalue weighted by molar-refractivity contribution is 7.92. The standard InChI is InChI=1S/C16H24N2O4S/c1-12-5-6-15(11-13(12)2)18(23(4,20)21)14(3)16(19)17-7-9-22-10-8-17/h5-6,11,14H,7-10H2,1-4H3/t14-/m1/s1. The number of rotatable bonds is 4. The van der Waals surface area contributed by atoms with Crippen molar-refractivity contribution in [3.05, 3.63) is 29.3 Å². The Labute approximate surface area is 138 Å². The lowest BCUT2D eigenvalue weighted by molar-refractivity contribution is -0.136. The lowest BCUT2D eigenvalue weighted by Gasteiger charge is -2.34. The van der Waals surface area contributed by atoms with Gasteiger partial charge in [0, 0.05) is 13.1 Å². The number of nitrogens with zero attached hydrogens (tertiary/aromatic N) is 2. The fourth-order valence-corrected chi connectivity index (χ4v) is 3.87. The van der Waals surface area contributed by atoms with Crippen LogP contribution in [0.25, 0.3) is 0 Å². The molecule has 1 saturated heterocycles. The molecule has 1 fully saturated rings. The zero-order chi connectivity index (χ0) is 17.2. The third-order valence-electron chi connectivity index (χ3n) is 4.13. The summed E-state index contributed by atoms with van der Waals surface area (Å²) in [5, 5.41) is 0. The van der Waals surface area contributed by atoms with Crippen LogP contribution < -0.4 is 4.31 Å². The Morgan fingerprint density at radius 1 is 1.22 bits per heavy atom. The lowest BCUT2D eigenvalue weighted by Crippen LogP contribution is -2.52. The zero-order valence-electron chi connectivity index (χ0n) is 14.1. The molecule has 0 aliphatic carbocycles. The number of sulfonamides is 1. The minimum atomic E-state index is -3.58. The predicted molar refractivity (Wildman–Crippen MR) is 90.1 cm³/mol. The summed E-state index contributed by atoms with van der Waals surface area (Å²) in [6, 6.07) is 4.63. The molecule has 1 amide bonds. The summed E-state index contributed by atoms with van der Waals surface area (Å²) in [7, 11) is -3.58. The molecule has 23 heavy (non-hydrogen) atoms. The highest BCUT2D eigenvalue weighted by atomic mass is 32.2. The van der Waals surface area contributed by atoms with E-state index in [0.29, 0.717) is 32.0 Å². The highest BCUT2D eigenvalue weighted by Crippen LogP contribution is 2.24. The van der Waals surface area contributed by atoms with Crippen LogP contribution in [0, 0.1) is 13.8 Å². The fourth-order valence-electron chi connectivity index (χ4n) is 2.71. The molecule has 1 heterocycles. The molecule has 1 aliphatic heterocycles. The molecular weight excluding hydrogens is 316 g/mol. The summed E-state index contributed by atoms with van der Waals surface area (Å²) in [6.07, 6.45) is 1.13. The Morgan fingerprint density at radius 3 is 2.35 bits per heavy atom. The number of amides is 1. The number of ether oxygens (including phenoxy) is 1. The molecule has 6 nitrogen and oxygen atoms in total. The summed E-state index contributed by atoms with van der Waals surface area (Å²) >= 11 is 0. The molecule has 2 rings (SSSR count). The normalized spacial score (nSPS) is 17.0. The predicted octanol–water partition coefficient (Wildman–Crippen LogP) is 1.32. The summed E-state index contributed by atoms with van der Waals surface area (Å²) in [5.41, 5.74) is 2.58. The van der Waals surface area contributed by atoms with Crippen molar-refractivity contribution in [2.24, 2.45) is 0 Å². The summed E-state index contributed by atoms with van der Waals surface area (Å²) in [5.74, 6) is -0.197. The van der Waals surface area contributed by atoms with E-state index in [4.69, 9.17) is 4.74 Å². The number of hydrogen-bond donors (Lipinski definition) is 0. The first-order valence-electron chi connectivity index (χ1n) is 7.65. The van der Waals surface area contributed by atoms with Crippen molar-refractivity contribution in [2.75, 3.05) is 36.9 Å². The fraction of sp³-hybridized carbons (Fsp3) is 0.562. The number of benzene rings is 1. The monoisotopic (exact) mass is 340 g/mol. The zero-order valence-corrected chi connectivity index (χ0v) is 14.9. The van der Waals surface area contributed by atoms with Gasteiger partial charge >= 0.3 is 0 Å². The Morgan fingerprint density at radius 2 is 1.83 bits per heavy atom. The van der Waals surface area contributed by atoms with E-state index in [9.17, 15) is 13.2 Å². The minimum Gasteiger partial charge on any atom is -0.378 e. The Bertz CT molecular complexity index is 681. The molecule has 7 heteroatoms. The maximum atomic E-state index is 12.7. The van der Waals surface area contributed by atoms with Gasteiger partial charge in [-0.15, -0.1) is 0 Å². The molecule has 0 aromatic heterocycles. The van der Waals surface area contributed by atoms with Gasteiger partial charge in [-0.1, -0.05) is 6.07 Å². The van der Waals surface area contributed by atoms with Gasteiger partial charge < -0.3 is 9.64 Å². The van der Waals surface area contributed by atoms with Crippen molar-refractivity contribution in [1.29, 1.82) is 0 Å². The second kappa shape index (κ2) is 6.88. The van der Waals surface area contributed by atoms with Gasteiger partial charge in [-0.25, -0.2) is 8.42 Å². The van der Waals surface area contributed by atoms with Crippen LogP contribution in [0.4, 0.5) is 5.69 Å². The molecule has 1 aromatic carbocycles. The molecule has 0 radical (unpaired) electrons. The Kier molecular flexibility index (Phi) is 5.31. The second-order valence-electron chi connectivity index (χ2n) is 5.94. The van der Waals surface area contributed by atoms with Crippen LogP contribution in [-0.2, 0) is 19.6 Å². The van der Waals surface area contributed by atoms with Crippen molar-refractivity contribution in [2.45, 2.75) is 26.8 Å². The number of morpholine rings is 1. The van der Waals surface area contributed by atoms with Gasteiger partial charge in [0.05, 0.1) is 25.2 Å². The first-order chi connectivity index (χ1) is 10.7. The molecule has 0 unspecified atom stereocenters. The number of hydrogen-bond acceptors (Lipinski definition) is 4. The largest absolute Gasteiger partial charge is 0.378 e. The highest BCUT2D eigenvalue weighted by Gasteiger charge is 2.32. The van der Waals surface area contributed by atoms with Gasteiger partial charge in [-0.05, 0) is 44.0 Å². The van der Waals surface area contributed by atoms with E-state index >= 15 is 0 Å². The van der Waals surface area contributed by atoms with Crippen LogP contribution in [-0.4, -0.2) is 57.8 Å². The van der Waals surface area contributed by atoms with Gasteiger partial charge in [0.1, 0.15) is 6.04 Å². The minimum absolute atomic E-state index is 0.197. The van der Waals surface area contributed by atoms with Crippen LogP contribution in [0.2, 0.25) is 0 Å². The summed E-state index contributed by atoms with van der Waals surface area (Å²) in [6.45, 7) is 7.48. The molecule has 0 saturated carbocycles. The van der Waals surface area contributed by atoms with Gasteiger partial charge in [0.2, 0.25) is 15.9 Å². The van der Waals surface area contributed by atoms with Crippen molar-refractivity contribution in [1.82, 2.24) is 4.90 Å². The van der Waals surface area contributed by atoms with E-state index < -0.39 is 16.1 Å². The van der Waals surface area contributed by atoms with Crippen LogP contribution in [0.15, 0.2) is 18.2 Å². The third kappa shape index (κ3) is 4.03. The topological polar surface area (TPSA) is 66.9 Å². The number of carbonyl (C=O) groups excluding carboxylic acids is 1. The molecule has 0 bridgehead atoms. The average molecular weight is 340 g/mol. The van der Waals surface area contributed by atoms with Crippen molar-refractivity contribution in [3.8, 4) is 0 Å². The van der Waals surface area contributed by atoms with Gasteiger partial charge in [-0.3, -0.25) is 9.10 Å². The number of carbonyl (C=O) groups is 1. The summed E-state index contributed by atoms with van der Waals surface area (Å²) in [4.78, 5) is 14.3. The van der Waals surface area contributed by atoms with Crippen molar-refractivity contribution in [3.63, 3.8) is 0 Å². The van der Waals surface area contributed by atoms with E-state index in [1.165, 1.54) is 4.31 Å². The number of anilines is 1. The smallest absolute Gasteiger partial charge is 0.246 e. The van der Waals surface area contributed by atoms with Crippen molar-refractivity contribution < 1.29 is 17.9 Å². The van der Waals surface area contributed by atoms with Crippen LogP contribution in [0.5, 0.6) is 0 Å². The van der Waals surface area contributed by atoms with Crippen LogP contribution in [0.1, 0.15) is 18.1 Å². The number of aryl methyl sites for hydroxylation is 2. The Hall–Kier alpha value is -1.60. The quantitative estimate of drug-likeness (QED) is 0.829. The molecule has 0 N–H and O–H groups in total. The molecule has 1 aromatic rings. The first-order valence-corrected chi connectivity index (χ1v) is 9.50. The molecule has 1 aliphatic rings. The van der Waals surface area contributed by atoms with E-state index in [1.54, 1.807) is 24.0 Å². The van der Waals surface area contributed by atoms with Crippen LogP contribution in [0.3, 0.4) is 0 Å². The van der Waals surface area contributed by atoms with E-state index in [0.717, 1.165) is 17.4 Å². The second-order valence-corrected chi connectivity index (χ2v) is 7.80. The molecular formula is C16H24N2O4S. The lowest BCUT2D eigenvalue weighted by atomic mass is 10.1. The maximum Gasteiger partial charge on any atom is 0.246 e. The van der Waals surface area contributed by atoms with Gasteiger partial charge in [0.15, 0.2) is 0 Å². The molecule has 1 atom stereocenters. The first kappa shape index (κ1) is 17.7. The summed E-state index contributed by atoms with van der Waals surface area (Å²) < 4.78 is 31.0. The SMILES string of the molecule is Cc1ccc(N([C@H](C)C(=O)N2CCOCC2)S(C)(=O)=O)cc1C. The van der Waals surface area contributed by atoms with Crippen LogP contribution >= 0.6 is 0 Å². The van der Waals surface area contributed by atoms with E-state index in [1.807, 2.05) is 19.9 Å². The maximum absolute atomic E-state index is 12.7.